The van der Waals surface area contributed by atoms with Crippen molar-refractivity contribution in [2.45, 2.75) is 33.2 Å². The van der Waals surface area contributed by atoms with E-state index in [9.17, 15) is 0 Å². The molecule has 1 aromatic carbocycles. The van der Waals surface area contributed by atoms with Gasteiger partial charge >= 0.3 is 0 Å². The molecule has 1 atom stereocenters. The van der Waals surface area contributed by atoms with Gasteiger partial charge in [-0.15, -0.1) is 0 Å². The Morgan fingerprint density at radius 1 is 1.32 bits per heavy atom. The van der Waals surface area contributed by atoms with Crippen LogP contribution >= 0.6 is 39.3 Å². The Labute approximate surface area is 135 Å². The van der Waals surface area contributed by atoms with Crippen LogP contribution in [0.3, 0.4) is 0 Å². The highest BCUT2D eigenvalue weighted by Crippen LogP contribution is 2.23. The lowest BCUT2D eigenvalue weighted by Crippen LogP contribution is -2.33. The van der Waals surface area contributed by atoms with E-state index in [1.807, 2.05) is 17.8 Å². The molecule has 0 amide bonds. The predicted octanol–water partition coefficient (Wildman–Crippen LogP) is 5.01. The second kappa shape index (κ2) is 9.28. The summed E-state index contributed by atoms with van der Waals surface area (Å²) in [4.78, 5) is 0. The first-order chi connectivity index (χ1) is 9.02. The molecule has 0 fully saturated rings. The molecule has 1 nitrogen and oxygen atoms in total. The van der Waals surface area contributed by atoms with Crippen LogP contribution in [0.1, 0.15) is 26.3 Å². The molecule has 0 bridgehead atoms. The molecule has 1 N–H and O–H groups in total. The standard InChI is InChI=1S/C15H23BrClNS/c1-4-18-14(10-19-9-11(2)3)7-12-5-6-13(16)8-15(12)17/h5-6,8,11,14,18H,4,7,9-10H2,1-3H3. The van der Waals surface area contributed by atoms with Gasteiger partial charge in [0.2, 0.25) is 0 Å². The van der Waals surface area contributed by atoms with E-state index in [1.54, 1.807) is 0 Å². The molecule has 19 heavy (non-hydrogen) atoms. The fraction of sp³-hybridized carbons (Fsp3) is 0.600. The van der Waals surface area contributed by atoms with Crippen molar-refractivity contribution in [2.75, 3.05) is 18.1 Å². The van der Waals surface area contributed by atoms with Gasteiger partial charge in [-0.3, -0.25) is 0 Å². The highest BCUT2D eigenvalue weighted by Gasteiger charge is 2.11. The van der Waals surface area contributed by atoms with Crippen LogP contribution in [-0.2, 0) is 6.42 Å². The number of hydrogen-bond donors (Lipinski definition) is 1. The zero-order valence-electron chi connectivity index (χ0n) is 11.9. The lowest BCUT2D eigenvalue weighted by atomic mass is 10.1. The maximum Gasteiger partial charge on any atom is 0.0449 e. The van der Waals surface area contributed by atoms with E-state index in [1.165, 1.54) is 11.3 Å². The van der Waals surface area contributed by atoms with Gasteiger partial charge in [0.1, 0.15) is 0 Å². The van der Waals surface area contributed by atoms with Crippen molar-refractivity contribution < 1.29 is 0 Å². The largest absolute Gasteiger partial charge is 0.313 e. The summed E-state index contributed by atoms with van der Waals surface area (Å²) in [7, 11) is 0. The summed E-state index contributed by atoms with van der Waals surface area (Å²) in [6.07, 6.45) is 0.991. The number of hydrogen-bond acceptors (Lipinski definition) is 2. The molecule has 1 unspecified atom stereocenters. The van der Waals surface area contributed by atoms with Crippen LogP contribution in [0.15, 0.2) is 22.7 Å². The Morgan fingerprint density at radius 3 is 2.63 bits per heavy atom. The van der Waals surface area contributed by atoms with E-state index < -0.39 is 0 Å². The van der Waals surface area contributed by atoms with Crippen LogP contribution in [0.5, 0.6) is 0 Å². The van der Waals surface area contributed by atoms with Gasteiger partial charge < -0.3 is 5.32 Å². The average molecular weight is 365 g/mol. The molecule has 1 rings (SSSR count). The zero-order chi connectivity index (χ0) is 14.3. The van der Waals surface area contributed by atoms with Gasteiger partial charge in [0.05, 0.1) is 0 Å². The Bertz CT molecular complexity index is 384. The lowest BCUT2D eigenvalue weighted by molar-refractivity contribution is 0.572. The maximum atomic E-state index is 6.29. The second-order valence-electron chi connectivity index (χ2n) is 5.13. The van der Waals surface area contributed by atoms with E-state index >= 15 is 0 Å². The van der Waals surface area contributed by atoms with Crippen molar-refractivity contribution in [1.29, 1.82) is 0 Å². The van der Waals surface area contributed by atoms with Crippen LogP contribution < -0.4 is 5.32 Å². The number of nitrogens with one attached hydrogen (secondary N) is 1. The normalized spacial score (nSPS) is 12.9. The quantitative estimate of drug-likeness (QED) is 0.695. The van der Waals surface area contributed by atoms with Crippen molar-refractivity contribution in [3.63, 3.8) is 0 Å². The Balaban J connectivity index is 2.56. The van der Waals surface area contributed by atoms with Crippen LogP contribution in [0.2, 0.25) is 5.02 Å². The van der Waals surface area contributed by atoms with Gasteiger partial charge in [-0.2, -0.15) is 11.8 Å². The molecule has 0 aliphatic heterocycles. The number of likely N-dealkylation sites (N-methyl/N-ethyl adjacent to an activating group) is 1. The van der Waals surface area contributed by atoms with E-state index in [-0.39, 0.29) is 0 Å². The average Bonchev–Trinajstić information content (AvgIpc) is 2.32. The van der Waals surface area contributed by atoms with Gasteiger partial charge in [0.25, 0.3) is 0 Å². The minimum atomic E-state index is 0.493. The monoisotopic (exact) mass is 363 g/mol. The van der Waals surface area contributed by atoms with E-state index in [4.69, 9.17) is 11.6 Å². The van der Waals surface area contributed by atoms with Crippen LogP contribution in [0.4, 0.5) is 0 Å². The first kappa shape index (κ1) is 17.4. The second-order valence-corrected chi connectivity index (χ2v) is 7.52. The first-order valence-corrected chi connectivity index (χ1v) is 9.10. The summed E-state index contributed by atoms with van der Waals surface area (Å²) in [6, 6.07) is 6.64. The topological polar surface area (TPSA) is 12.0 Å². The third-order valence-corrected chi connectivity index (χ3v) is 5.13. The van der Waals surface area contributed by atoms with Crippen molar-refractivity contribution in [1.82, 2.24) is 5.32 Å². The zero-order valence-corrected chi connectivity index (χ0v) is 15.0. The van der Waals surface area contributed by atoms with E-state index in [0.717, 1.165) is 34.1 Å². The van der Waals surface area contributed by atoms with Crippen LogP contribution in [-0.4, -0.2) is 24.1 Å². The Kier molecular flexibility index (Phi) is 8.47. The van der Waals surface area contributed by atoms with Crippen molar-refractivity contribution in [2.24, 2.45) is 5.92 Å². The highest BCUT2D eigenvalue weighted by molar-refractivity contribution is 9.10. The van der Waals surface area contributed by atoms with Crippen molar-refractivity contribution in [3.8, 4) is 0 Å². The van der Waals surface area contributed by atoms with Crippen LogP contribution in [0, 0.1) is 5.92 Å². The lowest BCUT2D eigenvalue weighted by Gasteiger charge is -2.19. The molecular formula is C15H23BrClNS. The van der Waals surface area contributed by atoms with Crippen LogP contribution in [0.25, 0.3) is 0 Å². The summed E-state index contributed by atoms with van der Waals surface area (Å²) in [5.41, 5.74) is 1.22. The number of benzene rings is 1. The minimum Gasteiger partial charge on any atom is -0.313 e. The molecule has 0 radical (unpaired) electrons. The molecule has 0 spiro atoms. The van der Waals surface area contributed by atoms with Gasteiger partial charge in [0, 0.05) is 21.3 Å². The molecule has 108 valence electrons. The summed E-state index contributed by atoms with van der Waals surface area (Å²) in [5, 5.41) is 4.41. The molecule has 0 saturated carbocycles. The molecular weight excluding hydrogens is 342 g/mol. The molecule has 0 heterocycles. The smallest absolute Gasteiger partial charge is 0.0449 e. The fourth-order valence-electron chi connectivity index (χ4n) is 1.88. The first-order valence-electron chi connectivity index (χ1n) is 6.78. The summed E-state index contributed by atoms with van der Waals surface area (Å²) in [6.45, 7) is 7.69. The molecule has 0 aliphatic rings. The van der Waals surface area contributed by atoms with Gasteiger partial charge in [-0.25, -0.2) is 0 Å². The summed E-state index contributed by atoms with van der Waals surface area (Å²) >= 11 is 11.8. The SMILES string of the molecule is CCNC(CSCC(C)C)Cc1ccc(Br)cc1Cl. The summed E-state index contributed by atoms with van der Waals surface area (Å²) < 4.78 is 1.04. The minimum absolute atomic E-state index is 0.493. The highest BCUT2D eigenvalue weighted by atomic mass is 79.9. The van der Waals surface area contributed by atoms with E-state index in [2.05, 4.69) is 54.2 Å². The summed E-state index contributed by atoms with van der Waals surface area (Å²) in [5.74, 6) is 3.11. The molecule has 0 aliphatic carbocycles. The third kappa shape index (κ3) is 7.03. The van der Waals surface area contributed by atoms with Crippen molar-refractivity contribution >= 4 is 39.3 Å². The van der Waals surface area contributed by atoms with Gasteiger partial charge in [-0.1, -0.05) is 54.4 Å². The Hall–Kier alpha value is 0.300. The predicted molar refractivity (Wildman–Crippen MR) is 92.5 cm³/mol. The number of thioether (sulfide) groups is 1. The number of rotatable bonds is 8. The van der Waals surface area contributed by atoms with Crippen molar-refractivity contribution in [3.05, 3.63) is 33.3 Å². The molecule has 0 saturated heterocycles. The maximum absolute atomic E-state index is 6.29. The van der Waals surface area contributed by atoms with E-state index in [0.29, 0.717) is 6.04 Å². The Morgan fingerprint density at radius 2 is 2.05 bits per heavy atom. The van der Waals surface area contributed by atoms with Gasteiger partial charge in [-0.05, 0) is 42.3 Å². The molecule has 4 heteroatoms. The number of halogens is 2. The molecule has 1 aromatic rings. The van der Waals surface area contributed by atoms with Gasteiger partial charge in [0.15, 0.2) is 0 Å². The fourth-order valence-corrected chi connectivity index (χ4v) is 3.76. The third-order valence-electron chi connectivity index (χ3n) is 2.74. The molecule has 0 aromatic heterocycles.